The number of hydrogen-bond acceptors (Lipinski definition) is 3. The number of rotatable bonds is 2. The molecule has 0 saturated heterocycles. The fourth-order valence-corrected chi connectivity index (χ4v) is 1.98. The van der Waals surface area contributed by atoms with E-state index in [2.05, 4.69) is 4.98 Å². The summed E-state index contributed by atoms with van der Waals surface area (Å²) in [5.74, 6) is 0. The molecule has 0 atom stereocenters. The van der Waals surface area contributed by atoms with Crippen molar-refractivity contribution in [2.24, 2.45) is 0 Å². The first-order valence-corrected chi connectivity index (χ1v) is 4.67. The highest BCUT2D eigenvalue weighted by Gasteiger charge is 2.25. The number of nitrogens with zero attached hydrogens (tertiary/aromatic N) is 2. The van der Waals surface area contributed by atoms with Gasteiger partial charge in [-0.25, -0.2) is 13.8 Å². The van der Waals surface area contributed by atoms with Crippen LogP contribution in [-0.4, -0.2) is 9.91 Å². The molecule has 0 bridgehead atoms. The van der Waals surface area contributed by atoms with Crippen LogP contribution in [0.3, 0.4) is 0 Å². The van der Waals surface area contributed by atoms with Gasteiger partial charge in [0.1, 0.15) is 3.57 Å². The Kier molecular flexibility index (Phi) is 3.53. The van der Waals surface area contributed by atoms with E-state index in [4.69, 9.17) is 11.6 Å². The largest absolute Gasteiger partial charge is 0.320 e. The number of alkyl halides is 2. The molecule has 0 N–H and O–H groups in total. The molecular weight excluding hydrogens is 332 g/mol. The topological polar surface area (TPSA) is 56.0 Å². The zero-order valence-corrected chi connectivity index (χ0v) is 9.29. The molecule has 0 radical (unpaired) electrons. The van der Waals surface area contributed by atoms with E-state index in [1.54, 1.807) is 0 Å². The molecule has 0 aliphatic heterocycles. The standard InChI is InChI=1S/C6H2ClF2IN2O2/c7-5-4(12(13)14)3(10)2(1-11-5)6(8)9/h1,6H. The summed E-state index contributed by atoms with van der Waals surface area (Å²) in [4.78, 5) is 12.9. The molecule has 76 valence electrons. The molecule has 1 rings (SSSR count). The minimum atomic E-state index is -2.80. The lowest BCUT2D eigenvalue weighted by Crippen LogP contribution is -2.00. The van der Waals surface area contributed by atoms with Crippen LogP contribution < -0.4 is 0 Å². The third-order valence-corrected chi connectivity index (χ3v) is 2.80. The van der Waals surface area contributed by atoms with Gasteiger partial charge in [0.15, 0.2) is 0 Å². The first kappa shape index (κ1) is 11.5. The van der Waals surface area contributed by atoms with Gasteiger partial charge in [0.25, 0.3) is 6.43 Å². The summed E-state index contributed by atoms with van der Waals surface area (Å²) in [6.45, 7) is 0. The summed E-state index contributed by atoms with van der Waals surface area (Å²) in [7, 11) is 0. The van der Waals surface area contributed by atoms with Crippen molar-refractivity contribution < 1.29 is 13.7 Å². The molecule has 8 heteroatoms. The number of hydrogen-bond donors (Lipinski definition) is 0. The van der Waals surface area contributed by atoms with Crippen molar-refractivity contribution >= 4 is 39.9 Å². The van der Waals surface area contributed by atoms with Crippen molar-refractivity contribution in [3.8, 4) is 0 Å². The van der Waals surface area contributed by atoms with Gasteiger partial charge in [-0.1, -0.05) is 11.6 Å². The van der Waals surface area contributed by atoms with Crippen LogP contribution in [0.15, 0.2) is 6.20 Å². The number of pyridine rings is 1. The monoisotopic (exact) mass is 334 g/mol. The van der Waals surface area contributed by atoms with Crippen LogP contribution in [0.5, 0.6) is 0 Å². The first-order valence-electron chi connectivity index (χ1n) is 3.21. The van der Waals surface area contributed by atoms with E-state index in [0.717, 1.165) is 6.20 Å². The Bertz CT molecular complexity index is 388. The fourth-order valence-electron chi connectivity index (χ4n) is 0.779. The van der Waals surface area contributed by atoms with Gasteiger partial charge >= 0.3 is 5.69 Å². The van der Waals surface area contributed by atoms with Gasteiger partial charge in [-0.15, -0.1) is 0 Å². The van der Waals surface area contributed by atoms with Gasteiger partial charge in [-0.05, 0) is 22.6 Å². The smallest absolute Gasteiger partial charge is 0.258 e. The van der Waals surface area contributed by atoms with E-state index >= 15 is 0 Å². The Morgan fingerprint density at radius 1 is 1.64 bits per heavy atom. The van der Waals surface area contributed by atoms with Crippen LogP contribution in [0.25, 0.3) is 0 Å². The van der Waals surface area contributed by atoms with Crippen molar-refractivity contribution in [1.82, 2.24) is 4.98 Å². The lowest BCUT2D eigenvalue weighted by Gasteiger charge is -2.03. The maximum Gasteiger partial charge on any atom is 0.320 e. The van der Waals surface area contributed by atoms with E-state index < -0.39 is 22.6 Å². The molecular formula is C6H2ClF2IN2O2. The summed E-state index contributed by atoms with van der Waals surface area (Å²) < 4.78 is 24.4. The highest BCUT2D eigenvalue weighted by molar-refractivity contribution is 14.1. The second kappa shape index (κ2) is 4.30. The van der Waals surface area contributed by atoms with E-state index in [1.165, 1.54) is 22.6 Å². The SMILES string of the molecule is O=[N+]([O-])c1c(Cl)ncc(C(F)F)c1I. The molecule has 0 saturated carbocycles. The molecule has 1 heterocycles. The van der Waals surface area contributed by atoms with E-state index in [1.807, 2.05) is 0 Å². The molecule has 0 fully saturated rings. The number of aromatic nitrogens is 1. The highest BCUT2D eigenvalue weighted by Crippen LogP contribution is 2.34. The zero-order chi connectivity index (χ0) is 10.9. The predicted octanol–water partition coefficient (Wildman–Crippen LogP) is 3.19. The van der Waals surface area contributed by atoms with E-state index in [-0.39, 0.29) is 8.72 Å². The molecule has 1 aromatic heterocycles. The quantitative estimate of drug-likeness (QED) is 0.361. The molecule has 14 heavy (non-hydrogen) atoms. The van der Waals surface area contributed by atoms with Crippen molar-refractivity contribution in [2.45, 2.75) is 6.43 Å². The Morgan fingerprint density at radius 2 is 2.21 bits per heavy atom. The Balaban J connectivity index is 3.41. The summed E-state index contributed by atoms with van der Waals surface area (Å²) in [5, 5.41) is 10.1. The van der Waals surface area contributed by atoms with Crippen LogP contribution in [0.2, 0.25) is 5.15 Å². The van der Waals surface area contributed by atoms with Crippen molar-refractivity contribution in [2.75, 3.05) is 0 Å². The summed E-state index contributed by atoms with van der Waals surface area (Å²) in [6, 6.07) is 0. The first-order chi connectivity index (χ1) is 6.45. The summed E-state index contributed by atoms with van der Waals surface area (Å²) in [5.41, 5.74) is -1.06. The van der Waals surface area contributed by atoms with Gasteiger partial charge in [-0.3, -0.25) is 10.1 Å². The van der Waals surface area contributed by atoms with Crippen LogP contribution in [0.4, 0.5) is 14.5 Å². The van der Waals surface area contributed by atoms with Crippen LogP contribution in [0, 0.1) is 13.7 Å². The number of halogens is 4. The maximum absolute atomic E-state index is 12.3. The van der Waals surface area contributed by atoms with Crippen molar-refractivity contribution in [1.29, 1.82) is 0 Å². The molecule has 0 aromatic carbocycles. The maximum atomic E-state index is 12.3. The van der Waals surface area contributed by atoms with Crippen LogP contribution >= 0.6 is 34.2 Å². The average molecular weight is 334 g/mol. The average Bonchev–Trinajstić information content (AvgIpc) is 2.02. The molecule has 1 aromatic rings. The van der Waals surface area contributed by atoms with Crippen LogP contribution in [-0.2, 0) is 0 Å². The molecule has 4 nitrogen and oxygen atoms in total. The molecule has 0 unspecified atom stereocenters. The van der Waals surface area contributed by atoms with Gasteiger partial charge < -0.3 is 0 Å². The second-order valence-corrected chi connectivity index (χ2v) is 3.66. The van der Waals surface area contributed by atoms with Gasteiger partial charge in [0, 0.05) is 6.20 Å². The minimum absolute atomic E-state index is 0.178. The van der Waals surface area contributed by atoms with Crippen molar-refractivity contribution in [3.05, 3.63) is 30.6 Å². The Hall–Kier alpha value is -0.570. The molecule has 0 amide bonds. The van der Waals surface area contributed by atoms with Gasteiger partial charge in [0.05, 0.1) is 10.5 Å². The molecule has 0 spiro atoms. The lowest BCUT2D eigenvalue weighted by molar-refractivity contribution is -0.386. The highest BCUT2D eigenvalue weighted by atomic mass is 127. The zero-order valence-electron chi connectivity index (χ0n) is 6.38. The normalized spacial score (nSPS) is 10.6. The summed E-state index contributed by atoms with van der Waals surface area (Å²) >= 11 is 6.85. The Labute approximate surface area is 95.6 Å². The third kappa shape index (κ3) is 2.08. The predicted molar refractivity (Wildman–Crippen MR) is 53.6 cm³/mol. The van der Waals surface area contributed by atoms with E-state index in [9.17, 15) is 18.9 Å². The second-order valence-electron chi connectivity index (χ2n) is 2.22. The Morgan fingerprint density at radius 3 is 2.64 bits per heavy atom. The van der Waals surface area contributed by atoms with E-state index in [0.29, 0.717) is 0 Å². The minimum Gasteiger partial charge on any atom is -0.258 e. The van der Waals surface area contributed by atoms with Gasteiger partial charge in [0.2, 0.25) is 5.15 Å². The summed E-state index contributed by atoms with van der Waals surface area (Å²) in [6.07, 6.45) is -1.97. The molecule has 0 aliphatic rings. The van der Waals surface area contributed by atoms with Crippen molar-refractivity contribution in [3.63, 3.8) is 0 Å². The van der Waals surface area contributed by atoms with Gasteiger partial charge in [-0.2, -0.15) is 0 Å². The third-order valence-electron chi connectivity index (χ3n) is 1.39. The number of nitro groups is 1. The molecule has 0 aliphatic carbocycles. The van der Waals surface area contributed by atoms with Crippen LogP contribution in [0.1, 0.15) is 12.0 Å². The lowest BCUT2D eigenvalue weighted by atomic mass is 10.3. The fraction of sp³-hybridized carbons (Fsp3) is 0.167.